The molecule has 5 nitrogen and oxygen atoms in total. The minimum atomic E-state index is -0.574. The third-order valence-electron chi connectivity index (χ3n) is 4.13. The molecule has 1 atom stereocenters. The second kappa shape index (κ2) is 8.81. The molecule has 0 saturated heterocycles. The van der Waals surface area contributed by atoms with Crippen LogP contribution in [0.5, 0.6) is 5.75 Å². The van der Waals surface area contributed by atoms with Crippen molar-refractivity contribution in [2.24, 2.45) is 5.73 Å². The maximum absolute atomic E-state index is 13.3. The van der Waals surface area contributed by atoms with E-state index < -0.39 is 11.9 Å². The third kappa shape index (κ3) is 4.94. The van der Waals surface area contributed by atoms with Crippen LogP contribution in [0.3, 0.4) is 0 Å². The van der Waals surface area contributed by atoms with Crippen molar-refractivity contribution >= 4 is 11.8 Å². The number of hydrogen-bond donors (Lipinski definition) is 2. The molecule has 0 aromatic heterocycles. The van der Waals surface area contributed by atoms with Crippen LogP contribution < -0.4 is 15.8 Å². The summed E-state index contributed by atoms with van der Waals surface area (Å²) in [4.78, 5) is 23.7. The molecule has 0 bridgehead atoms. The fraction of sp³-hybridized carbons (Fsp3) is 0.0909. The second-order valence-electron chi connectivity index (χ2n) is 6.14. The summed E-state index contributed by atoms with van der Waals surface area (Å²) < 4.78 is 18.7. The van der Waals surface area contributed by atoms with E-state index in [9.17, 15) is 14.0 Å². The number of benzene rings is 3. The SMILES string of the molecule is NC(=O)c1cccc(OCC(=O)NC(c2ccccc2)c2ccc(F)cc2)c1. The van der Waals surface area contributed by atoms with Crippen LogP contribution in [0.2, 0.25) is 0 Å². The first kappa shape index (κ1) is 19.1. The molecule has 28 heavy (non-hydrogen) atoms. The summed E-state index contributed by atoms with van der Waals surface area (Å²) in [6.45, 7) is -0.243. The van der Waals surface area contributed by atoms with Crippen LogP contribution in [0, 0.1) is 5.82 Å². The van der Waals surface area contributed by atoms with Crippen molar-refractivity contribution in [3.63, 3.8) is 0 Å². The Labute approximate surface area is 161 Å². The van der Waals surface area contributed by atoms with E-state index in [0.717, 1.165) is 11.1 Å². The predicted molar refractivity (Wildman–Crippen MR) is 103 cm³/mol. The van der Waals surface area contributed by atoms with E-state index in [2.05, 4.69) is 5.32 Å². The van der Waals surface area contributed by atoms with Crippen LogP contribution >= 0.6 is 0 Å². The van der Waals surface area contributed by atoms with Gasteiger partial charge in [-0.15, -0.1) is 0 Å². The molecule has 0 saturated carbocycles. The molecule has 3 aromatic carbocycles. The Morgan fingerprint density at radius 2 is 1.61 bits per heavy atom. The Balaban J connectivity index is 1.72. The van der Waals surface area contributed by atoms with Gasteiger partial charge in [0.05, 0.1) is 6.04 Å². The minimum Gasteiger partial charge on any atom is -0.484 e. The summed E-state index contributed by atoms with van der Waals surface area (Å²) in [5.41, 5.74) is 7.15. The van der Waals surface area contributed by atoms with Crippen molar-refractivity contribution in [1.29, 1.82) is 0 Å². The molecule has 142 valence electrons. The number of nitrogens with two attached hydrogens (primary N) is 1. The van der Waals surface area contributed by atoms with Gasteiger partial charge in [0, 0.05) is 5.56 Å². The topological polar surface area (TPSA) is 81.4 Å². The zero-order valence-electron chi connectivity index (χ0n) is 15.0. The van der Waals surface area contributed by atoms with Crippen molar-refractivity contribution in [2.45, 2.75) is 6.04 Å². The quantitative estimate of drug-likeness (QED) is 0.662. The molecular weight excluding hydrogens is 359 g/mol. The number of carbonyl (C=O) groups excluding carboxylic acids is 2. The maximum atomic E-state index is 13.3. The molecule has 0 aliphatic rings. The largest absolute Gasteiger partial charge is 0.484 e. The molecule has 0 aliphatic carbocycles. The number of carbonyl (C=O) groups is 2. The molecule has 0 radical (unpaired) electrons. The van der Waals surface area contributed by atoms with E-state index in [1.54, 1.807) is 30.3 Å². The Morgan fingerprint density at radius 1 is 0.929 bits per heavy atom. The Bertz CT molecular complexity index is 959. The van der Waals surface area contributed by atoms with Gasteiger partial charge in [-0.1, -0.05) is 48.5 Å². The lowest BCUT2D eigenvalue weighted by Crippen LogP contribution is -2.33. The smallest absolute Gasteiger partial charge is 0.258 e. The highest BCUT2D eigenvalue weighted by Gasteiger charge is 2.17. The first-order valence-electron chi connectivity index (χ1n) is 8.65. The van der Waals surface area contributed by atoms with E-state index in [4.69, 9.17) is 10.5 Å². The summed E-state index contributed by atoms with van der Waals surface area (Å²) in [6.07, 6.45) is 0. The highest BCUT2D eigenvalue weighted by Crippen LogP contribution is 2.22. The Morgan fingerprint density at radius 3 is 2.29 bits per heavy atom. The average Bonchev–Trinajstić information content (AvgIpc) is 2.72. The van der Waals surface area contributed by atoms with Gasteiger partial charge in [-0.05, 0) is 41.5 Å². The number of primary amides is 1. The van der Waals surface area contributed by atoms with E-state index in [-0.39, 0.29) is 18.3 Å². The molecule has 3 aromatic rings. The van der Waals surface area contributed by atoms with Crippen LogP contribution in [0.1, 0.15) is 27.5 Å². The highest BCUT2D eigenvalue weighted by atomic mass is 19.1. The summed E-state index contributed by atoms with van der Waals surface area (Å²) >= 11 is 0. The van der Waals surface area contributed by atoms with E-state index in [1.807, 2.05) is 30.3 Å². The number of rotatable bonds is 7. The number of halogens is 1. The second-order valence-corrected chi connectivity index (χ2v) is 6.14. The van der Waals surface area contributed by atoms with Crippen molar-refractivity contribution in [2.75, 3.05) is 6.61 Å². The van der Waals surface area contributed by atoms with Crippen molar-refractivity contribution in [1.82, 2.24) is 5.32 Å². The average molecular weight is 378 g/mol. The van der Waals surface area contributed by atoms with Gasteiger partial charge < -0.3 is 15.8 Å². The molecule has 1 unspecified atom stereocenters. The fourth-order valence-electron chi connectivity index (χ4n) is 2.75. The van der Waals surface area contributed by atoms with Crippen molar-refractivity contribution < 1.29 is 18.7 Å². The summed E-state index contributed by atoms with van der Waals surface area (Å²) in [7, 11) is 0. The van der Waals surface area contributed by atoms with Crippen LogP contribution in [0.25, 0.3) is 0 Å². The first-order chi connectivity index (χ1) is 13.5. The molecule has 6 heteroatoms. The van der Waals surface area contributed by atoms with Crippen LogP contribution in [-0.2, 0) is 4.79 Å². The third-order valence-corrected chi connectivity index (χ3v) is 4.13. The van der Waals surface area contributed by atoms with Crippen LogP contribution in [-0.4, -0.2) is 18.4 Å². The molecular formula is C22H19FN2O3. The number of nitrogens with one attached hydrogen (secondary N) is 1. The van der Waals surface area contributed by atoms with Gasteiger partial charge in [-0.3, -0.25) is 9.59 Å². The lowest BCUT2D eigenvalue weighted by Gasteiger charge is -2.20. The molecule has 3 rings (SSSR count). The van der Waals surface area contributed by atoms with E-state index >= 15 is 0 Å². The lowest BCUT2D eigenvalue weighted by molar-refractivity contribution is -0.123. The van der Waals surface area contributed by atoms with Gasteiger partial charge in [0.25, 0.3) is 5.91 Å². The van der Waals surface area contributed by atoms with Crippen molar-refractivity contribution in [3.05, 3.63) is 101 Å². The van der Waals surface area contributed by atoms with Crippen LogP contribution in [0.4, 0.5) is 4.39 Å². The summed E-state index contributed by atoms with van der Waals surface area (Å²) in [6, 6.07) is 21.2. The first-order valence-corrected chi connectivity index (χ1v) is 8.65. The summed E-state index contributed by atoms with van der Waals surface area (Å²) in [5, 5.41) is 2.90. The van der Waals surface area contributed by atoms with Gasteiger partial charge in [0.1, 0.15) is 11.6 Å². The monoisotopic (exact) mass is 378 g/mol. The normalized spacial score (nSPS) is 11.5. The minimum absolute atomic E-state index is 0.243. The number of ether oxygens (including phenoxy) is 1. The molecule has 3 N–H and O–H groups in total. The Hall–Kier alpha value is -3.67. The van der Waals surface area contributed by atoms with Gasteiger partial charge in [-0.25, -0.2) is 4.39 Å². The number of hydrogen-bond acceptors (Lipinski definition) is 3. The van der Waals surface area contributed by atoms with Gasteiger partial charge in [-0.2, -0.15) is 0 Å². The number of amides is 2. The van der Waals surface area contributed by atoms with E-state index in [0.29, 0.717) is 11.3 Å². The van der Waals surface area contributed by atoms with Gasteiger partial charge in [0.2, 0.25) is 5.91 Å². The molecule has 0 heterocycles. The fourth-order valence-corrected chi connectivity index (χ4v) is 2.75. The molecule has 0 fully saturated rings. The van der Waals surface area contributed by atoms with Crippen molar-refractivity contribution in [3.8, 4) is 5.75 Å². The standard InChI is InChI=1S/C22H19FN2O3/c23-18-11-9-16(10-12-18)21(15-5-2-1-3-6-15)25-20(26)14-28-19-8-4-7-17(13-19)22(24)27/h1-13,21H,14H2,(H2,24,27)(H,25,26). The molecule has 0 aliphatic heterocycles. The van der Waals surface area contributed by atoms with Crippen LogP contribution in [0.15, 0.2) is 78.9 Å². The lowest BCUT2D eigenvalue weighted by atomic mass is 9.98. The Kier molecular flexibility index (Phi) is 6.01. The predicted octanol–water partition coefficient (Wildman–Crippen LogP) is 3.21. The van der Waals surface area contributed by atoms with Gasteiger partial charge in [0.15, 0.2) is 6.61 Å². The van der Waals surface area contributed by atoms with Gasteiger partial charge >= 0.3 is 0 Å². The highest BCUT2D eigenvalue weighted by molar-refractivity contribution is 5.93. The zero-order valence-corrected chi connectivity index (χ0v) is 15.0. The molecule has 0 spiro atoms. The van der Waals surface area contributed by atoms with E-state index in [1.165, 1.54) is 18.2 Å². The molecule has 2 amide bonds. The summed E-state index contributed by atoms with van der Waals surface area (Å²) in [5.74, 6) is -0.915. The zero-order chi connectivity index (χ0) is 19.9. The maximum Gasteiger partial charge on any atom is 0.258 e.